The largest absolute Gasteiger partial charge is 0.315 e. The molecule has 0 aliphatic carbocycles. The minimum atomic E-state index is -0.973. The third-order valence-corrected chi connectivity index (χ3v) is 4.30. The smallest absolute Gasteiger partial charge is 0.128 e. The highest BCUT2D eigenvalue weighted by Gasteiger charge is 2.23. The number of rotatable bonds is 2. The quantitative estimate of drug-likeness (QED) is 0.828. The summed E-state index contributed by atoms with van der Waals surface area (Å²) < 4.78 is 12.7. The molecule has 0 aromatic carbocycles. The average molecular weight is 275 g/mol. The predicted octanol–water partition coefficient (Wildman–Crippen LogP) is 1.31. The molecule has 76 valence electrons. The Balaban J connectivity index is 2.17. The Kier molecular flexibility index (Phi) is 3.30. The third-order valence-electron chi connectivity index (χ3n) is 2.21. The van der Waals surface area contributed by atoms with Gasteiger partial charge >= 0.3 is 0 Å². The van der Waals surface area contributed by atoms with Crippen LogP contribution in [0.5, 0.6) is 0 Å². The van der Waals surface area contributed by atoms with Gasteiger partial charge < -0.3 is 5.32 Å². The highest BCUT2D eigenvalue weighted by molar-refractivity contribution is 9.10. The summed E-state index contributed by atoms with van der Waals surface area (Å²) in [6, 6.07) is 5.53. The van der Waals surface area contributed by atoms with Gasteiger partial charge in [-0.15, -0.1) is 0 Å². The Morgan fingerprint density at radius 2 is 2.43 bits per heavy atom. The first-order valence-electron chi connectivity index (χ1n) is 4.51. The molecule has 3 nitrogen and oxygen atoms in total. The molecule has 0 spiro atoms. The fraction of sp³-hybridized carbons (Fsp3) is 0.444. The van der Waals surface area contributed by atoms with Gasteiger partial charge in [-0.2, -0.15) is 0 Å². The molecule has 0 saturated carbocycles. The molecule has 1 aromatic heterocycles. The van der Waals surface area contributed by atoms with Crippen molar-refractivity contribution in [1.29, 1.82) is 0 Å². The first kappa shape index (κ1) is 10.3. The topological polar surface area (TPSA) is 42.0 Å². The van der Waals surface area contributed by atoms with E-state index >= 15 is 0 Å². The number of halogens is 1. The van der Waals surface area contributed by atoms with Gasteiger partial charge in [0.2, 0.25) is 0 Å². The zero-order valence-electron chi connectivity index (χ0n) is 7.57. The Hall–Kier alpha value is -0.260. The molecule has 0 bridgehead atoms. The first-order chi connectivity index (χ1) is 6.77. The number of pyridine rings is 1. The molecule has 14 heavy (non-hydrogen) atoms. The summed E-state index contributed by atoms with van der Waals surface area (Å²) in [5.74, 6) is 0. The second kappa shape index (κ2) is 4.51. The molecule has 0 radical (unpaired) electrons. The second-order valence-corrected chi connectivity index (χ2v) is 5.70. The summed E-state index contributed by atoms with van der Waals surface area (Å²) in [7, 11) is -0.973. The molecule has 1 aliphatic rings. The maximum absolute atomic E-state index is 12.0. The number of hydrogen-bond acceptors (Lipinski definition) is 3. The molecule has 5 heteroatoms. The van der Waals surface area contributed by atoms with Crippen molar-refractivity contribution in [3.63, 3.8) is 0 Å². The Morgan fingerprint density at radius 3 is 3.07 bits per heavy atom. The van der Waals surface area contributed by atoms with E-state index in [0.29, 0.717) is 5.03 Å². The van der Waals surface area contributed by atoms with Crippen molar-refractivity contribution in [1.82, 2.24) is 10.3 Å². The summed E-state index contributed by atoms with van der Waals surface area (Å²) in [4.78, 5) is 4.21. The van der Waals surface area contributed by atoms with E-state index in [0.717, 1.165) is 24.1 Å². The molecular formula is C9H11BrN2OS. The predicted molar refractivity (Wildman–Crippen MR) is 59.6 cm³/mol. The van der Waals surface area contributed by atoms with Crippen LogP contribution < -0.4 is 5.32 Å². The molecule has 2 atom stereocenters. The molecule has 1 saturated heterocycles. The van der Waals surface area contributed by atoms with Crippen molar-refractivity contribution in [2.75, 3.05) is 13.1 Å². The van der Waals surface area contributed by atoms with E-state index in [9.17, 15) is 4.21 Å². The van der Waals surface area contributed by atoms with E-state index in [2.05, 4.69) is 26.2 Å². The molecular weight excluding hydrogens is 264 g/mol. The highest BCUT2D eigenvalue weighted by Crippen LogP contribution is 2.16. The molecule has 1 aliphatic heterocycles. The van der Waals surface area contributed by atoms with Gasteiger partial charge in [0.15, 0.2) is 0 Å². The van der Waals surface area contributed by atoms with Crippen LogP contribution in [-0.2, 0) is 10.8 Å². The molecule has 1 fully saturated rings. The van der Waals surface area contributed by atoms with Gasteiger partial charge in [-0.1, -0.05) is 6.07 Å². The Morgan fingerprint density at radius 1 is 1.57 bits per heavy atom. The number of hydrogen-bond donors (Lipinski definition) is 1. The van der Waals surface area contributed by atoms with Gasteiger partial charge in [0.25, 0.3) is 0 Å². The highest BCUT2D eigenvalue weighted by atomic mass is 79.9. The van der Waals surface area contributed by atoms with Crippen LogP contribution in [0.2, 0.25) is 0 Å². The summed E-state index contributed by atoms with van der Waals surface area (Å²) in [5, 5.41) is 4.10. The van der Waals surface area contributed by atoms with Gasteiger partial charge in [-0.25, -0.2) is 4.98 Å². The standard InChI is InChI=1S/C9H11BrN2OS/c10-8-2-1-3-9(12-8)14(13)7-4-5-11-6-7/h1-3,7,11H,4-6H2/t7-,14?/m1/s1. The molecule has 2 heterocycles. The first-order valence-corrected chi connectivity index (χ1v) is 6.52. The minimum Gasteiger partial charge on any atom is -0.315 e. The summed E-state index contributed by atoms with van der Waals surface area (Å²) in [6.07, 6.45) is 0.973. The van der Waals surface area contributed by atoms with Crippen LogP contribution in [0.1, 0.15) is 6.42 Å². The minimum absolute atomic E-state index is 0.219. The average Bonchev–Trinajstić information content (AvgIpc) is 2.69. The van der Waals surface area contributed by atoms with Crippen LogP contribution in [0.4, 0.5) is 0 Å². The Labute approximate surface area is 93.9 Å². The lowest BCUT2D eigenvalue weighted by molar-refractivity contribution is 0.669. The van der Waals surface area contributed by atoms with Crippen LogP contribution in [0.15, 0.2) is 27.8 Å². The van der Waals surface area contributed by atoms with Gasteiger partial charge in [-0.3, -0.25) is 4.21 Å². The summed E-state index contributed by atoms with van der Waals surface area (Å²) in [6.45, 7) is 1.80. The van der Waals surface area contributed by atoms with Crippen molar-refractivity contribution in [3.8, 4) is 0 Å². The molecule has 0 amide bonds. The normalized spacial score (nSPS) is 23.6. The van der Waals surface area contributed by atoms with E-state index < -0.39 is 10.8 Å². The van der Waals surface area contributed by atoms with Gasteiger partial charge in [0.05, 0.1) is 16.0 Å². The molecule has 1 aromatic rings. The molecule has 1 N–H and O–H groups in total. The lowest BCUT2D eigenvalue weighted by atomic mass is 10.4. The van der Waals surface area contributed by atoms with E-state index in [1.54, 1.807) is 0 Å². The fourth-order valence-corrected chi connectivity index (χ4v) is 3.29. The summed E-state index contributed by atoms with van der Waals surface area (Å²) >= 11 is 3.28. The number of aromatic nitrogens is 1. The fourth-order valence-electron chi connectivity index (χ4n) is 1.48. The lowest BCUT2D eigenvalue weighted by Gasteiger charge is -2.07. The SMILES string of the molecule is O=S(c1cccc(Br)n1)[C@@H]1CCNC1. The second-order valence-electron chi connectivity index (χ2n) is 3.21. The van der Waals surface area contributed by atoms with Crippen molar-refractivity contribution in [2.45, 2.75) is 16.7 Å². The van der Waals surface area contributed by atoms with Crippen molar-refractivity contribution < 1.29 is 4.21 Å². The van der Waals surface area contributed by atoms with Crippen molar-refractivity contribution in [2.24, 2.45) is 0 Å². The lowest BCUT2D eigenvalue weighted by Crippen LogP contribution is -2.19. The number of nitrogens with one attached hydrogen (secondary N) is 1. The number of nitrogens with zero attached hydrogens (tertiary/aromatic N) is 1. The zero-order valence-corrected chi connectivity index (χ0v) is 9.97. The molecule has 2 rings (SSSR count). The maximum Gasteiger partial charge on any atom is 0.128 e. The van der Waals surface area contributed by atoms with Crippen LogP contribution >= 0.6 is 15.9 Å². The molecule has 1 unspecified atom stereocenters. The zero-order chi connectivity index (χ0) is 9.97. The summed E-state index contributed by atoms with van der Waals surface area (Å²) in [5.41, 5.74) is 0. The maximum atomic E-state index is 12.0. The Bertz CT molecular complexity index is 352. The monoisotopic (exact) mass is 274 g/mol. The van der Waals surface area contributed by atoms with Crippen molar-refractivity contribution in [3.05, 3.63) is 22.8 Å². The van der Waals surface area contributed by atoms with Crippen LogP contribution in [0.25, 0.3) is 0 Å². The van der Waals surface area contributed by atoms with Gasteiger partial charge in [0.1, 0.15) is 9.63 Å². The van der Waals surface area contributed by atoms with Gasteiger partial charge in [-0.05, 0) is 41.0 Å². The van der Waals surface area contributed by atoms with E-state index in [-0.39, 0.29) is 5.25 Å². The van der Waals surface area contributed by atoms with E-state index in [1.165, 1.54) is 0 Å². The van der Waals surface area contributed by atoms with E-state index in [1.807, 2.05) is 18.2 Å². The van der Waals surface area contributed by atoms with Crippen LogP contribution in [-0.4, -0.2) is 27.5 Å². The van der Waals surface area contributed by atoms with Gasteiger partial charge in [0, 0.05) is 6.54 Å². The van der Waals surface area contributed by atoms with Crippen LogP contribution in [0.3, 0.4) is 0 Å². The van der Waals surface area contributed by atoms with E-state index in [4.69, 9.17) is 0 Å². The van der Waals surface area contributed by atoms with Crippen LogP contribution in [0, 0.1) is 0 Å². The third kappa shape index (κ3) is 2.21. The van der Waals surface area contributed by atoms with Crippen molar-refractivity contribution >= 4 is 26.7 Å².